The van der Waals surface area contributed by atoms with Gasteiger partial charge >= 0.3 is 0 Å². The predicted molar refractivity (Wildman–Crippen MR) is 100 cm³/mol. The lowest BCUT2D eigenvalue weighted by atomic mass is 10.1. The molecule has 5 nitrogen and oxygen atoms in total. The molecule has 0 atom stereocenters. The Morgan fingerprint density at radius 3 is 2.38 bits per heavy atom. The second-order valence-electron chi connectivity index (χ2n) is 5.66. The van der Waals surface area contributed by atoms with Gasteiger partial charge in [-0.05, 0) is 36.4 Å². The number of nitrogens with one attached hydrogen (secondary N) is 1. The van der Waals surface area contributed by atoms with E-state index in [1.165, 1.54) is 0 Å². The van der Waals surface area contributed by atoms with Crippen molar-refractivity contribution in [3.8, 4) is 5.75 Å². The summed E-state index contributed by atoms with van der Waals surface area (Å²) in [5.74, 6) is -0.0893. The van der Waals surface area contributed by atoms with Crippen molar-refractivity contribution >= 4 is 17.5 Å². The number of hydrogen-bond acceptors (Lipinski definition) is 3. The zero-order chi connectivity index (χ0) is 18.4. The number of carbonyl (C=O) groups is 2. The van der Waals surface area contributed by atoms with Gasteiger partial charge in [0.15, 0.2) is 0 Å². The van der Waals surface area contributed by atoms with Crippen molar-refractivity contribution in [3.05, 3.63) is 95.6 Å². The van der Waals surface area contributed by atoms with Crippen LogP contribution in [0.4, 0.5) is 5.69 Å². The third-order valence-electron chi connectivity index (χ3n) is 3.80. The summed E-state index contributed by atoms with van der Waals surface area (Å²) >= 11 is 0. The summed E-state index contributed by atoms with van der Waals surface area (Å²) in [6.45, 7) is 0.273. The second-order valence-corrected chi connectivity index (χ2v) is 5.66. The number of rotatable bonds is 6. The molecule has 3 N–H and O–H groups in total. The summed E-state index contributed by atoms with van der Waals surface area (Å²) in [7, 11) is 0. The number of ether oxygens (including phenoxy) is 1. The van der Waals surface area contributed by atoms with Gasteiger partial charge in [0.1, 0.15) is 12.4 Å². The molecule has 3 aromatic rings. The highest BCUT2D eigenvalue weighted by Crippen LogP contribution is 2.17. The van der Waals surface area contributed by atoms with Crippen LogP contribution in [0, 0.1) is 0 Å². The fourth-order valence-corrected chi connectivity index (χ4v) is 2.49. The van der Waals surface area contributed by atoms with Crippen LogP contribution in [-0.2, 0) is 6.61 Å². The standard InChI is InChI=1S/C21H18N2O3/c22-20(24)15-8-6-9-17(13-15)23-21(25)19-12-5-4-7-16(19)14-26-18-10-2-1-3-11-18/h1-13H,14H2,(H2,22,24)(H,23,25). The van der Waals surface area contributed by atoms with E-state index in [1.54, 1.807) is 36.4 Å². The minimum atomic E-state index is -0.544. The van der Waals surface area contributed by atoms with Crippen molar-refractivity contribution in [2.45, 2.75) is 6.61 Å². The van der Waals surface area contributed by atoms with Gasteiger partial charge in [-0.3, -0.25) is 9.59 Å². The molecule has 3 rings (SSSR count). The SMILES string of the molecule is NC(=O)c1cccc(NC(=O)c2ccccc2COc2ccccc2)c1. The Morgan fingerprint density at radius 1 is 0.885 bits per heavy atom. The highest BCUT2D eigenvalue weighted by Gasteiger charge is 2.12. The Kier molecular flexibility index (Phi) is 5.29. The van der Waals surface area contributed by atoms with E-state index in [2.05, 4.69) is 5.32 Å². The largest absolute Gasteiger partial charge is 0.489 e. The summed E-state index contributed by atoms with van der Waals surface area (Å²) in [6, 6.07) is 23.1. The lowest BCUT2D eigenvalue weighted by Crippen LogP contribution is -2.16. The Bertz CT molecular complexity index is 923. The van der Waals surface area contributed by atoms with Crippen molar-refractivity contribution in [1.29, 1.82) is 0 Å². The topological polar surface area (TPSA) is 81.4 Å². The average molecular weight is 346 g/mol. The van der Waals surface area contributed by atoms with Gasteiger partial charge < -0.3 is 15.8 Å². The monoisotopic (exact) mass is 346 g/mol. The number of amides is 2. The number of para-hydroxylation sites is 1. The maximum absolute atomic E-state index is 12.6. The normalized spacial score (nSPS) is 10.2. The molecule has 5 heteroatoms. The third-order valence-corrected chi connectivity index (χ3v) is 3.80. The zero-order valence-electron chi connectivity index (χ0n) is 14.0. The fourth-order valence-electron chi connectivity index (χ4n) is 2.49. The van der Waals surface area contributed by atoms with Crippen LogP contribution in [0.1, 0.15) is 26.3 Å². The first kappa shape index (κ1) is 17.2. The molecular weight excluding hydrogens is 328 g/mol. The summed E-state index contributed by atoms with van der Waals surface area (Å²) in [6.07, 6.45) is 0. The Labute approximate surface area is 151 Å². The molecule has 0 heterocycles. The Morgan fingerprint density at radius 2 is 1.62 bits per heavy atom. The number of carbonyl (C=O) groups excluding carboxylic acids is 2. The molecule has 2 amide bonds. The highest BCUT2D eigenvalue weighted by atomic mass is 16.5. The minimum Gasteiger partial charge on any atom is -0.489 e. The first-order valence-electron chi connectivity index (χ1n) is 8.10. The summed E-state index contributed by atoms with van der Waals surface area (Å²) in [4.78, 5) is 23.9. The van der Waals surface area contributed by atoms with Gasteiger partial charge in [0.25, 0.3) is 5.91 Å². The van der Waals surface area contributed by atoms with Crippen molar-refractivity contribution in [2.75, 3.05) is 5.32 Å². The molecule has 0 aromatic heterocycles. The molecule has 0 radical (unpaired) electrons. The molecular formula is C21H18N2O3. The molecule has 0 spiro atoms. The quantitative estimate of drug-likeness (QED) is 0.715. The lowest BCUT2D eigenvalue weighted by molar-refractivity contribution is 0.0996. The average Bonchev–Trinajstić information content (AvgIpc) is 2.67. The molecule has 26 heavy (non-hydrogen) atoms. The zero-order valence-corrected chi connectivity index (χ0v) is 14.0. The van der Waals surface area contributed by atoms with E-state index in [4.69, 9.17) is 10.5 Å². The van der Waals surface area contributed by atoms with Gasteiger partial charge in [0, 0.05) is 22.4 Å². The van der Waals surface area contributed by atoms with Crippen LogP contribution < -0.4 is 15.8 Å². The molecule has 0 saturated heterocycles. The Hall–Kier alpha value is -3.60. The fraction of sp³-hybridized carbons (Fsp3) is 0.0476. The number of nitrogens with two attached hydrogens (primary N) is 1. The maximum Gasteiger partial charge on any atom is 0.256 e. The number of primary amides is 1. The van der Waals surface area contributed by atoms with E-state index in [0.29, 0.717) is 16.8 Å². The molecule has 0 unspecified atom stereocenters. The maximum atomic E-state index is 12.6. The summed E-state index contributed by atoms with van der Waals surface area (Å²) in [5.41, 5.74) is 7.39. The van der Waals surface area contributed by atoms with Gasteiger partial charge in [0.2, 0.25) is 5.91 Å². The third kappa shape index (κ3) is 4.27. The first-order valence-corrected chi connectivity index (χ1v) is 8.10. The van der Waals surface area contributed by atoms with Crippen LogP contribution in [0.25, 0.3) is 0 Å². The van der Waals surface area contributed by atoms with Crippen LogP contribution in [0.15, 0.2) is 78.9 Å². The molecule has 0 aliphatic rings. The van der Waals surface area contributed by atoms with Crippen LogP contribution in [0.2, 0.25) is 0 Å². The van der Waals surface area contributed by atoms with E-state index in [0.717, 1.165) is 11.3 Å². The van der Waals surface area contributed by atoms with Crippen molar-refractivity contribution in [1.82, 2.24) is 0 Å². The molecule has 0 aliphatic carbocycles. The molecule has 0 aliphatic heterocycles. The smallest absolute Gasteiger partial charge is 0.256 e. The van der Waals surface area contributed by atoms with Gasteiger partial charge in [-0.15, -0.1) is 0 Å². The highest BCUT2D eigenvalue weighted by molar-refractivity contribution is 6.06. The minimum absolute atomic E-state index is 0.273. The number of hydrogen-bond donors (Lipinski definition) is 2. The van der Waals surface area contributed by atoms with Crippen molar-refractivity contribution in [3.63, 3.8) is 0 Å². The number of benzene rings is 3. The van der Waals surface area contributed by atoms with Crippen LogP contribution in [0.3, 0.4) is 0 Å². The van der Waals surface area contributed by atoms with Gasteiger partial charge in [0.05, 0.1) is 0 Å². The number of anilines is 1. The first-order chi connectivity index (χ1) is 12.6. The lowest BCUT2D eigenvalue weighted by Gasteiger charge is -2.12. The van der Waals surface area contributed by atoms with Crippen LogP contribution >= 0.6 is 0 Å². The van der Waals surface area contributed by atoms with Crippen molar-refractivity contribution < 1.29 is 14.3 Å². The summed E-state index contributed by atoms with van der Waals surface area (Å²) < 4.78 is 5.74. The molecule has 0 bridgehead atoms. The molecule has 0 saturated carbocycles. The van der Waals surface area contributed by atoms with E-state index in [1.807, 2.05) is 42.5 Å². The van der Waals surface area contributed by atoms with Gasteiger partial charge in [-0.2, -0.15) is 0 Å². The van der Waals surface area contributed by atoms with E-state index in [-0.39, 0.29) is 12.5 Å². The van der Waals surface area contributed by atoms with E-state index in [9.17, 15) is 9.59 Å². The molecule has 3 aromatic carbocycles. The summed E-state index contributed by atoms with van der Waals surface area (Å²) in [5, 5.41) is 2.79. The van der Waals surface area contributed by atoms with Crippen LogP contribution in [-0.4, -0.2) is 11.8 Å². The van der Waals surface area contributed by atoms with Gasteiger partial charge in [-0.1, -0.05) is 42.5 Å². The molecule has 130 valence electrons. The predicted octanol–water partition coefficient (Wildman–Crippen LogP) is 3.62. The van der Waals surface area contributed by atoms with Gasteiger partial charge in [-0.25, -0.2) is 0 Å². The van der Waals surface area contributed by atoms with Crippen molar-refractivity contribution in [2.24, 2.45) is 5.73 Å². The van der Waals surface area contributed by atoms with Crippen LogP contribution in [0.5, 0.6) is 5.75 Å². The van der Waals surface area contributed by atoms with E-state index < -0.39 is 5.91 Å². The Balaban J connectivity index is 1.75. The molecule has 0 fully saturated rings. The van der Waals surface area contributed by atoms with E-state index >= 15 is 0 Å². The second kappa shape index (κ2) is 7.98.